The lowest BCUT2D eigenvalue weighted by Crippen LogP contribution is -2.14. The van der Waals surface area contributed by atoms with Gasteiger partial charge in [-0.25, -0.2) is 4.98 Å². The number of oxime groups is 1. The number of nitrogens with zero attached hydrogens (tertiary/aromatic N) is 3. The second-order valence-corrected chi connectivity index (χ2v) is 4.20. The summed E-state index contributed by atoms with van der Waals surface area (Å²) in [6.45, 7) is 0. The second kappa shape index (κ2) is 6.06. The molecule has 2 rings (SSSR count). The molecule has 0 atom stereocenters. The molecule has 0 fully saturated rings. The number of hydrogen-bond acceptors (Lipinski definition) is 6. The summed E-state index contributed by atoms with van der Waals surface area (Å²) >= 11 is 6.04. The molecule has 0 aliphatic heterocycles. The first-order valence-electron chi connectivity index (χ1n) is 5.57. The molecule has 1 aromatic heterocycles. The zero-order chi connectivity index (χ0) is 15.4. The van der Waals surface area contributed by atoms with Crippen LogP contribution in [-0.4, -0.2) is 21.0 Å². The minimum atomic E-state index is -0.547. The molecule has 0 saturated heterocycles. The van der Waals surface area contributed by atoms with Crippen molar-refractivity contribution in [3.8, 4) is 11.6 Å². The van der Waals surface area contributed by atoms with E-state index in [0.29, 0.717) is 0 Å². The number of halogens is 1. The van der Waals surface area contributed by atoms with Gasteiger partial charge < -0.3 is 15.7 Å². The molecule has 1 heterocycles. The molecule has 0 amide bonds. The Labute approximate surface area is 123 Å². The van der Waals surface area contributed by atoms with Gasteiger partial charge in [-0.2, -0.15) is 0 Å². The lowest BCUT2D eigenvalue weighted by atomic mass is 10.2. The molecule has 0 unspecified atom stereocenters. The number of nitro benzene ring substituents is 1. The van der Waals surface area contributed by atoms with Crippen LogP contribution in [0.3, 0.4) is 0 Å². The molecule has 0 bridgehead atoms. The maximum atomic E-state index is 10.7. The third kappa shape index (κ3) is 3.18. The summed E-state index contributed by atoms with van der Waals surface area (Å²) in [6.07, 6.45) is 1.35. The van der Waals surface area contributed by atoms with E-state index in [4.69, 9.17) is 27.3 Å². The number of aromatic nitrogens is 1. The molecule has 1 aromatic carbocycles. The van der Waals surface area contributed by atoms with Gasteiger partial charge in [-0.05, 0) is 12.1 Å². The van der Waals surface area contributed by atoms with Crippen LogP contribution in [0.5, 0.6) is 11.6 Å². The van der Waals surface area contributed by atoms with Crippen molar-refractivity contribution in [2.45, 2.75) is 0 Å². The molecular weight excluding hydrogens is 300 g/mol. The van der Waals surface area contributed by atoms with Crippen LogP contribution in [0.1, 0.15) is 5.56 Å². The molecule has 0 spiro atoms. The highest BCUT2D eigenvalue weighted by Gasteiger charge is 2.14. The molecule has 0 saturated carbocycles. The normalized spacial score (nSPS) is 11.2. The fraction of sp³-hybridized carbons (Fsp3) is 0. The Hall–Kier alpha value is -2.87. The Bertz CT molecular complexity index is 720. The quantitative estimate of drug-likeness (QED) is 0.294. The highest BCUT2D eigenvalue weighted by molar-refractivity contribution is 6.35. The van der Waals surface area contributed by atoms with Gasteiger partial charge in [0.05, 0.1) is 11.0 Å². The van der Waals surface area contributed by atoms with E-state index in [0.717, 1.165) is 0 Å². The number of hydrogen-bond donors (Lipinski definition) is 2. The van der Waals surface area contributed by atoms with E-state index in [2.05, 4.69) is 10.1 Å². The number of nitro groups is 1. The molecule has 0 aliphatic rings. The van der Waals surface area contributed by atoms with Gasteiger partial charge >= 0.3 is 0 Å². The first kappa shape index (κ1) is 14.5. The monoisotopic (exact) mass is 308 g/mol. The van der Waals surface area contributed by atoms with Crippen molar-refractivity contribution in [2.24, 2.45) is 10.9 Å². The fourth-order valence-corrected chi connectivity index (χ4v) is 1.77. The Kier molecular flexibility index (Phi) is 4.19. The highest BCUT2D eigenvalue weighted by atomic mass is 35.5. The van der Waals surface area contributed by atoms with Crippen molar-refractivity contribution in [1.29, 1.82) is 0 Å². The standard InChI is InChI=1S/C12H9ClN4O4/c13-10-9(11(14)16-18)4-5-15-12(10)21-8-3-1-2-7(6-8)17(19)20/h1-6,18H,(H2,14,16). The predicted octanol–water partition coefficient (Wildman–Crippen LogP) is 2.53. The van der Waals surface area contributed by atoms with Gasteiger partial charge in [0.2, 0.25) is 5.88 Å². The van der Waals surface area contributed by atoms with Crippen LogP contribution in [0, 0.1) is 10.1 Å². The Morgan fingerprint density at radius 2 is 2.24 bits per heavy atom. The smallest absolute Gasteiger partial charge is 0.273 e. The van der Waals surface area contributed by atoms with E-state index in [9.17, 15) is 10.1 Å². The maximum absolute atomic E-state index is 10.7. The summed E-state index contributed by atoms with van der Waals surface area (Å²) < 4.78 is 5.40. The van der Waals surface area contributed by atoms with Gasteiger partial charge in [0.25, 0.3) is 5.69 Å². The minimum absolute atomic E-state index is 0.0127. The van der Waals surface area contributed by atoms with Crippen LogP contribution >= 0.6 is 11.6 Å². The summed E-state index contributed by atoms with van der Waals surface area (Å²) in [5.74, 6) is -0.0252. The number of rotatable bonds is 4. The van der Waals surface area contributed by atoms with Gasteiger partial charge in [0.1, 0.15) is 10.8 Å². The summed E-state index contributed by atoms with van der Waals surface area (Å²) in [4.78, 5) is 14.1. The Balaban J connectivity index is 2.36. The van der Waals surface area contributed by atoms with Crippen LogP contribution in [0.2, 0.25) is 5.02 Å². The van der Waals surface area contributed by atoms with E-state index in [1.807, 2.05) is 0 Å². The molecule has 0 aliphatic carbocycles. The van der Waals surface area contributed by atoms with Gasteiger partial charge in [0, 0.05) is 17.8 Å². The van der Waals surface area contributed by atoms with Crippen molar-refractivity contribution < 1.29 is 14.9 Å². The van der Waals surface area contributed by atoms with Gasteiger partial charge in [-0.3, -0.25) is 10.1 Å². The van der Waals surface area contributed by atoms with Crippen molar-refractivity contribution in [3.05, 3.63) is 57.2 Å². The summed E-state index contributed by atoms with van der Waals surface area (Å²) in [7, 11) is 0. The van der Waals surface area contributed by atoms with Gasteiger partial charge in [-0.1, -0.05) is 22.8 Å². The van der Waals surface area contributed by atoms with Crippen LogP contribution < -0.4 is 10.5 Å². The van der Waals surface area contributed by atoms with E-state index in [-0.39, 0.29) is 33.7 Å². The number of non-ortho nitro benzene ring substituents is 1. The lowest BCUT2D eigenvalue weighted by molar-refractivity contribution is -0.384. The molecule has 8 nitrogen and oxygen atoms in total. The predicted molar refractivity (Wildman–Crippen MR) is 74.9 cm³/mol. The second-order valence-electron chi connectivity index (χ2n) is 3.82. The molecule has 9 heteroatoms. The van der Waals surface area contributed by atoms with Crippen LogP contribution in [-0.2, 0) is 0 Å². The Morgan fingerprint density at radius 1 is 1.48 bits per heavy atom. The van der Waals surface area contributed by atoms with E-state index in [1.165, 1.54) is 36.5 Å². The van der Waals surface area contributed by atoms with Crippen LogP contribution in [0.4, 0.5) is 5.69 Å². The lowest BCUT2D eigenvalue weighted by Gasteiger charge is -2.08. The largest absolute Gasteiger partial charge is 0.437 e. The summed E-state index contributed by atoms with van der Waals surface area (Å²) in [6, 6.07) is 6.98. The minimum Gasteiger partial charge on any atom is -0.437 e. The van der Waals surface area contributed by atoms with Crippen molar-refractivity contribution in [2.75, 3.05) is 0 Å². The number of benzene rings is 1. The number of ether oxygens (including phenoxy) is 1. The average molecular weight is 309 g/mol. The molecule has 3 N–H and O–H groups in total. The van der Waals surface area contributed by atoms with Crippen LogP contribution in [0.25, 0.3) is 0 Å². The van der Waals surface area contributed by atoms with E-state index in [1.54, 1.807) is 0 Å². The first-order valence-corrected chi connectivity index (χ1v) is 5.95. The van der Waals surface area contributed by atoms with Crippen molar-refractivity contribution >= 4 is 23.1 Å². The van der Waals surface area contributed by atoms with E-state index < -0.39 is 4.92 Å². The molecule has 108 valence electrons. The third-order valence-electron chi connectivity index (χ3n) is 2.48. The topological polar surface area (TPSA) is 124 Å². The molecule has 21 heavy (non-hydrogen) atoms. The first-order chi connectivity index (χ1) is 10.0. The number of nitrogens with two attached hydrogens (primary N) is 1. The van der Waals surface area contributed by atoms with Gasteiger partial charge in [-0.15, -0.1) is 0 Å². The zero-order valence-electron chi connectivity index (χ0n) is 10.4. The SMILES string of the molecule is N/C(=N/O)c1ccnc(Oc2cccc([N+](=O)[O-])c2)c1Cl. The summed E-state index contributed by atoms with van der Waals surface area (Å²) in [5, 5.41) is 22.2. The average Bonchev–Trinajstić information content (AvgIpc) is 2.49. The summed E-state index contributed by atoms with van der Waals surface area (Å²) in [5.41, 5.74) is 5.57. The molecule has 2 aromatic rings. The van der Waals surface area contributed by atoms with Gasteiger partial charge in [0.15, 0.2) is 5.84 Å². The number of pyridine rings is 1. The highest BCUT2D eigenvalue weighted by Crippen LogP contribution is 2.31. The maximum Gasteiger partial charge on any atom is 0.273 e. The third-order valence-corrected chi connectivity index (χ3v) is 2.85. The Morgan fingerprint density at radius 3 is 2.90 bits per heavy atom. The zero-order valence-corrected chi connectivity index (χ0v) is 11.2. The van der Waals surface area contributed by atoms with E-state index >= 15 is 0 Å². The number of amidine groups is 1. The molecule has 0 radical (unpaired) electrons. The van der Waals surface area contributed by atoms with Crippen LogP contribution in [0.15, 0.2) is 41.7 Å². The fourth-order valence-electron chi connectivity index (χ4n) is 1.52. The molecular formula is C12H9ClN4O4. The van der Waals surface area contributed by atoms with Crippen molar-refractivity contribution in [3.63, 3.8) is 0 Å². The van der Waals surface area contributed by atoms with Crippen molar-refractivity contribution in [1.82, 2.24) is 4.98 Å².